The Labute approximate surface area is 123 Å². The number of nitro groups is 1. The van der Waals surface area contributed by atoms with E-state index in [1.165, 1.54) is 35.2 Å². The number of rotatable bonds is 5. The van der Waals surface area contributed by atoms with Crippen molar-refractivity contribution in [2.45, 2.75) is 4.21 Å². The first kappa shape index (κ1) is 14.4. The number of nitrogens with two attached hydrogens (primary N) is 1. The first-order valence-corrected chi connectivity index (χ1v) is 7.59. The van der Waals surface area contributed by atoms with Gasteiger partial charge in [-0.1, -0.05) is 6.07 Å². The van der Waals surface area contributed by atoms with Gasteiger partial charge in [-0.3, -0.25) is 15.5 Å². The second kappa shape index (κ2) is 5.93. The molecule has 0 aliphatic rings. The molecule has 0 atom stereocenters. The number of thioether (sulfide) groups is 1. The molecule has 0 spiro atoms. The molecule has 2 aromatic rings. The Morgan fingerprint density at radius 3 is 2.85 bits per heavy atom. The van der Waals surface area contributed by atoms with E-state index in [9.17, 15) is 10.1 Å². The van der Waals surface area contributed by atoms with Crippen LogP contribution < -0.4 is 11.1 Å². The van der Waals surface area contributed by atoms with Gasteiger partial charge in [0.05, 0.1) is 19.7 Å². The number of hydrogen-bond acceptors (Lipinski definition) is 6. The number of nitrogens with zero attached hydrogens (tertiary/aromatic N) is 1. The molecule has 0 aliphatic carbocycles. The van der Waals surface area contributed by atoms with Gasteiger partial charge in [-0.15, -0.1) is 23.1 Å². The molecule has 20 heavy (non-hydrogen) atoms. The molecule has 2 rings (SSSR count). The number of non-ortho nitro benzene ring substituents is 1. The maximum Gasteiger partial charge on any atom is 0.271 e. The maximum absolute atomic E-state index is 10.8. The molecule has 0 saturated heterocycles. The molecule has 0 unspecified atom stereocenters. The van der Waals surface area contributed by atoms with E-state index in [0.29, 0.717) is 10.6 Å². The highest BCUT2D eigenvalue weighted by Gasteiger charge is 2.12. The Balaban J connectivity index is 2.31. The molecule has 0 amide bonds. The molecule has 1 aromatic carbocycles. The standard InChI is InChI=1S/C12H12N4O2S2/c1-19-12-9(6-10(20-12)11(13)14)15-7-3-2-4-8(5-7)16(17)18/h2-6,15H,1H3,(H3,13,14). The van der Waals surface area contributed by atoms with Gasteiger partial charge in [0.2, 0.25) is 0 Å². The van der Waals surface area contributed by atoms with Crippen LogP contribution in [0.25, 0.3) is 0 Å². The minimum Gasteiger partial charge on any atom is -0.383 e. The van der Waals surface area contributed by atoms with E-state index in [2.05, 4.69) is 5.32 Å². The van der Waals surface area contributed by atoms with Crippen molar-refractivity contribution < 1.29 is 4.92 Å². The lowest BCUT2D eigenvalue weighted by molar-refractivity contribution is -0.384. The Morgan fingerprint density at radius 2 is 2.25 bits per heavy atom. The van der Waals surface area contributed by atoms with Crippen molar-refractivity contribution >= 4 is 46.0 Å². The highest BCUT2D eigenvalue weighted by Crippen LogP contribution is 2.36. The van der Waals surface area contributed by atoms with E-state index in [-0.39, 0.29) is 11.5 Å². The molecule has 0 saturated carbocycles. The summed E-state index contributed by atoms with van der Waals surface area (Å²) >= 11 is 2.95. The monoisotopic (exact) mass is 308 g/mol. The molecule has 1 aromatic heterocycles. The lowest BCUT2D eigenvalue weighted by Crippen LogP contribution is -2.08. The summed E-state index contributed by atoms with van der Waals surface area (Å²) < 4.78 is 0.974. The van der Waals surface area contributed by atoms with Crippen LogP contribution in [-0.4, -0.2) is 17.0 Å². The zero-order chi connectivity index (χ0) is 14.7. The predicted octanol–water partition coefficient (Wildman–Crippen LogP) is 3.41. The van der Waals surface area contributed by atoms with Gasteiger partial charge >= 0.3 is 0 Å². The van der Waals surface area contributed by atoms with Crippen molar-refractivity contribution in [3.63, 3.8) is 0 Å². The van der Waals surface area contributed by atoms with Crippen LogP contribution in [0, 0.1) is 15.5 Å². The van der Waals surface area contributed by atoms with Crippen LogP contribution in [0.2, 0.25) is 0 Å². The van der Waals surface area contributed by atoms with Crippen LogP contribution in [0.15, 0.2) is 34.5 Å². The van der Waals surface area contributed by atoms with E-state index >= 15 is 0 Å². The molecule has 0 bridgehead atoms. The van der Waals surface area contributed by atoms with Gasteiger partial charge in [0.1, 0.15) is 5.84 Å². The molecule has 0 radical (unpaired) electrons. The van der Waals surface area contributed by atoms with Crippen molar-refractivity contribution in [3.8, 4) is 0 Å². The van der Waals surface area contributed by atoms with Crippen molar-refractivity contribution in [2.24, 2.45) is 5.73 Å². The number of anilines is 2. The Hall–Kier alpha value is -2.06. The average Bonchev–Trinajstić information content (AvgIpc) is 2.82. The third-order valence-corrected chi connectivity index (χ3v) is 4.79. The number of nitrogens with one attached hydrogen (secondary N) is 2. The van der Waals surface area contributed by atoms with Crippen LogP contribution in [-0.2, 0) is 0 Å². The summed E-state index contributed by atoms with van der Waals surface area (Å²) in [5.41, 5.74) is 6.93. The molecular formula is C12H12N4O2S2. The van der Waals surface area contributed by atoms with Gasteiger partial charge in [-0.25, -0.2) is 0 Å². The highest BCUT2D eigenvalue weighted by molar-refractivity contribution is 8.00. The van der Waals surface area contributed by atoms with Crippen LogP contribution in [0.3, 0.4) is 0 Å². The Bertz CT molecular complexity index is 669. The molecule has 0 aliphatic heterocycles. The number of thiophene rings is 1. The Morgan fingerprint density at radius 1 is 1.50 bits per heavy atom. The van der Waals surface area contributed by atoms with Crippen LogP contribution in [0.4, 0.5) is 17.1 Å². The molecule has 0 fully saturated rings. The molecule has 104 valence electrons. The van der Waals surface area contributed by atoms with Crippen molar-refractivity contribution in [3.05, 3.63) is 45.3 Å². The second-order valence-corrected chi connectivity index (χ2v) is 5.99. The summed E-state index contributed by atoms with van der Waals surface area (Å²) in [6, 6.07) is 8.06. The number of nitro benzene ring substituents is 1. The lowest BCUT2D eigenvalue weighted by atomic mass is 10.2. The van der Waals surface area contributed by atoms with Gasteiger partial charge in [0, 0.05) is 17.8 Å². The van der Waals surface area contributed by atoms with Crippen LogP contribution in [0.1, 0.15) is 4.88 Å². The minimum absolute atomic E-state index is 0.0115. The fourth-order valence-electron chi connectivity index (χ4n) is 1.60. The number of benzene rings is 1. The van der Waals surface area contributed by atoms with Crippen LogP contribution >= 0.6 is 23.1 Å². The van der Waals surface area contributed by atoms with Crippen molar-refractivity contribution in [2.75, 3.05) is 11.6 Å². The summed E-state index contributed by atoms with van der Waals surface area (Å²) in [6.45, 7) is 0. The SMILES string of the molecule is CSc1sc(C(=N)N)cc1Nc1cccc([N+](=O)[O-])c1. The average molecular weight is 308 g/mol. The number of nitrogen functional groups attached to an aromatic ring is 1. The minimum atomic E-state index is -0.435. The van der Waals surface area contributed by atoms with E-state index in [4.69, 9.17) is 11.1 Å². The zero-order valence-corrected chi connectivity index (χ0v) is 12.2. The summed E-state index contributed by atoms with van der Waals surface area (Å²) in [5.74, 6) is 0.0115. The first-order chi connectivity index (χ1) is 9.51. The molecule has 6 nitrogen and oxygen atoms in total. The fraction of sp³-hybridized carbons (Fsp3) is 0.0833. The topological polar surface area (TPSA) is 105 Å². The van der Waals surface area contributed by atoms with Gasteiger partial charge in [-0.2, -0.15) is 0 Å². The van der Waals surface area contributed by atoms with Gasteiger partial charge in [-0.05, 0) is 18.4 Å². The van der Waals surface area contributed by atoms with E-state index in [0.717, 1.165) is 9.90 Å². The zero-order valence-electron chi connectivity index (χ0n) is 10.5. The second-order valence-electron chi connectivity index (χ2n) is 3.86. The molecule has 4 N–H and O–H groups in total. The quantitative estimate of drug-likeness (QED) is 0.258. The number of hydrogen-bond donors (Lipinski definition) is 3. The van der Waals surface area contributed by atoms with E-state index in [1.807, 2.05) is 6.26 Å². The smallest absolute Gasteiger partial charge is 0.271 e. The normalized spacial score (nSPS) is 10.2. The number of amidine groups is 1. The van der Waals surface area contributed by atoms with Gasteiger partial charge < -0.3 is 11.1 Å². The predicted molar refractivity (Wildman–Crippen MR) is 83.5 cm³/mol. The van der Waals surface area contributed by atoms with Gasteiger partial charge in [0.15, 0.2) is 0 Å². The lowest BCUT2D eigenvalue weighted by Gasteiger charge is -2.05. The summed E-state index contributed by atoms with van der Waals surface area (Å²) in [6.07, 6.45) is 1.92. The highest BCUT2D eigenvalue weighted by atomic mass is 32.2. The molecule has 8 heteroatoms. The first-order valence-electron chi connectivity index (χ1n) is 5.55. The third-order valence-electron chi connectivity index (χ3n) is 2.48. The fourth-order valence-corrected chi connectivity index (χ4v) is 3.24. The van der Waals surface area contributed by atoms with Crippen molar-refractivity contribution in [1.29, 1.82) is 5.41 Å². The maximum atomic E-state index is 10.8. The Kier molecular flexibility index (Phi) is 4.26. The van der Waals surface area contributed by atoms with Gasteiger partial charge in [0.25, 0.3) is 5.69 Å². The van der Waals surface area contributed by atoms with E-state index in [1.54, 1.807) is 18.2 Å². The summed E-state index contributed by atoms with van der Waals surface area (Å²) in [4.78, 5) is 11.0. The third kappa shape index (κ3) is 3.09. The van der Waals surface area contributed by atoms with Crippen molar-refractivity contribution in [1.82, 2.24) is 0 Å². The summed E-state index contributed by atoms with van der Waals surface area (Å²) in [7, 11) is 0. The van der Waals surface area contributed by atoms with Crippen LogP contribution in [0.5, 0.6) is 0 Å². The molecular weight excluding hydrogens is 296 g/mol. The summed E-state index contributed by atoms with van der Waals surface area (Å²) in [5, 5.41) is 21.3. The largest absolute Gasteiger partial charge is 0.383 e. The van der Waals surface area contributed by atoms with E-state index < -0.39 is 4.92 Å². The molecule has 1 heterocycles.